The number of hydrogen-bond donors (Lipinski definition) is 1. The lowest BCUT2D eigenvalue weighted by molar-refractivity contribution is 0.0955. The van der Waals surface area contributed by atoms with Crippen LogP contribution in [0.15, 0.2) is 68.6 Å². The number of halogens is 1. The number of para-hydroxylation sites is 2. The number of amides is 1. The minimum atomic E-state index is -0.259. The Bertz CT molecular complexity index is 1100. The van der Waals surface area contributed by atoms with Gasteiger partial charge in [0.05, 0.1) is 23.5 Å². The largest absolute Gasteiger partial charge is 0.495 e. The Kier molecular flexibility index (Phi) is 7.47. The number of hydrazone groups is 1. The second-order valence-corrected chi connectivity index (χ2v) is 8.74. The van der Waals surface area contributed by atoms with Gasteiger partial charge in [-0.15, -0.1) is 0 Å². The number of nitrogens with zero attached hydrogens (tertiary/aromatic N) is 3. The summed E-state index contributed by atoms with van der Waals surface area (Å²) >= 11 is 3.38. The highest BCUT2D eigenvalue weighted by Crippen LogP contribution is 2.28. The van der Waals surface area contributed by atoms with Gasteiger partial charge < -0.3 is 14.1 Å². The molecule has 1 fully saturated rings. The summed E-state index contributed by atoms with van der Waals surface area (Å²) in [5, 5.41) is 3.97. The van der Waals surface area contributed by atoms with E-state index in [2.05, 4.69) is 42.3 Å². The lowest BCUT2D eigenvalue weighted by Gasteiger charge is -2.36. The van der Waals surface area contributed by atoms with Crippen molar-refractivity contribution < 1.29 is 13.9 Å². The minimum absolute atomic E-state index is 0.259. The smallest absolute Gasteiger partial charge is 0.271 e. The first-order chi connectivity index (χ1) is 16.0. The van der Waals surface area contributed by atoms with Gasteiger partial charge in [-0.25, -0.2) is 5.43 Å². The molecule has 0 radical (unpaired) electrons. The molecule has 33 heavy (non-hydrogen) atoms. The molecule has 8 heteroatoms. The Balaban J connectivity index is 1.27. The predicted molar refractivity (Wildman–Crippen MR) is 133 cm³/mol. The molecule has 0 bridgehead atoms. The van der Waals surface area contributed by atoms with E-state index in [0.29, 0.717) is 11.3 Å². The molecule has 1 amide bonds. The van der Waals surface area contributed by atoms with Gasteiger partial charge in [-0.05, 0) is 52.7 Å². The zero-order valence-electron chi connectivity index (χ0n) is 18.8. The number of ether oxygens (including phenoxy) is 1. The molecule has 1 N–H and O–H groups in total. The highest BCUT2D eigenvalue weighted by Gasteiger charge is 2.19. The number of rotatable bonds is 7. The van der Waals surface area contributed by atoms with Crippen molar-refractivity contribution in [2.24, 2.45) is 5.10 Å². The third kappa shape index (κ3) is 5.83. The fourth-order valence-electron chi connectivity index (χ4n) is 3.82. The molecule has 7 nitrogen and oxygen atoms in total. The molecule has 172 valence electrons. The van der Waals surface area contributed by atoms with Crippen molar-refractivity contribution >= 4 is 33.7 Å². The summed E-state index contributed by atoms with van der Waals surface area (Å²) in [4.78, 5) is 17.1. The van der Waals surface area contributed by atoms with E-state index in [1.807, 2.05) is 49.4 Å². The molecule has 1 aliphatic heterocycles. The number of aryl methyl sites for hydroxylation is 1. The summed E-state index contributed by atoms with van der Waals surface area (Å²) in [6.45, 7) is 6.54. The Morgan fingerprint density at radius 3 is 2.55 bits per heavy atom. The minimum Gasteiger partial charge on any atom is -0.495 e. The van der Waals surface area contributed by atoms with Crippen molar-refractivity contribution in [1.29, 1.82) is 0 Å². The SMILES string of the molecule is COc1ccccc1N1CCN(Cc2ccc(C(=O)N/N=C\c3cc(Br)c(C)o3)cc2)CC1. The number of benzene rings is 2. The van der Waals surface area contributed by atoms with Crippen LogP contribution in [0.5, 0.6) is 5.75 Å². The number of carbonyl (C=O) groups is 1. The number of carbonyl (C=O) groups excluding carboxylic acids is 1. The van der Waals surface area contributed by atoms with Crippen LogP contribution in [-0.2, 0) is 6.54 Å². The van der Waals surface area contributed by atoms with Crippen molar-refractivity contribution in [3.63, 3.8) is 0 Å². The van der Waals surface area contributed by atoms with E-state index < -0.39 is 0 Å². The second kappa shape index (κ2) is 10.7. The third-order valence-corrected chi connectivity index (χ3v) is 6.44. The molecule has 0 spiro atoms. The van der Waals surface area contributed by atoms with Gasteiger partial charge in [0, 0.05) is 44.4 Å². The van der Waals surface area contributed by atoms with Gasteiger partial charge in [0.15, 0.2) is 0 Å². The van der Waals surface area contributed by atoms with E-state index in [1.54, 1.807) is 13.2 Å². The van der Waals surface area contributed by atoms with Crippen molar-refractivity contribution in [2.45, 2.75) is 13.5 Å². The summed E-state index contributed by atoms with van der Waals surface area (Å²) in [5.74, 6) is 1.99. The van der Waals surface area contributed by atoms with Crippen LogP contribution in [0, 0.1) is 6.92 Å². The van der Waals surface area contributed by atoms with Crippen molar-refractivity contribution in [1.82, 2.24) is 10.3 Å². The Hall–Kier alpha value is -3.10. The molecule has 2 heterocycles. The average Bonchev–Trinajstić information content (AvgIpc) is 3.16. The topological polar surface area (TPSA) is 70.3 Å². The summed E-state index contributed by atoms with van der Waals surface area (Å²) in [6, 6.07) is 17.6. The van der Waals surface area contributed by atoms with Gasteiger partial charge in [0.2, 0.25) is 0 Å². The average molecular weight is 511 g/mol. The standard InChI is InChI=1S/C25H27BrN4O3/c1-18-22(26)15-21(33-18)16-27-28-25(31)20-9-7-19(8-10-20)17-29-11-13-30(14-12-29)23-5-3-4-6-24(23)32-2/h3-10,15-16H,11-14,17H2,1-2H3,(H,28,31)/b27-16-. The maximum Gasteiger partial charge on any atom is 0.271 e. The van der Waals surface area contributed by atoms with E-state index in [1.165, 1.54) is 11.8 Å². The summed E-state index contributed by atoms with van der Waals surface area (Å²) in [6.07, 6.45) is 1.48. The highest BCUT2D eigenvalue weighted by atomic mass is 79.9. The quantitative estimate of drug-likeness (QED) is 0.375. The van der Waals surface area contributed by atoms with Crippen LogP contribution in [0.1, 0.15) is 27.4 Å². The molecule has 1 saturated heterocycles. The van der Waals surface area contributed by atoms with Crippen LogP contribution in [0.2, 0.25) is 0 Å². The summed E-state index contributed by atoms with van der Waals surface area (Å²) < 4.78 is 11.8. The number of furan rings is 1. The molecule has 1 aromatic heterocycles. The molecule has 0 aliphatic carbocycles. The normalized spacial score (nSPS) is 14.6. The van der Waals surface area contributed by atoms with Gasteiger partial charge in [0.25, 0.3) is 5.91 Å². The summed E-state index contributed by atoms with van der Waals surface area (Å²) in [7, 11) is 1.71. The molecule has 0 saturated carbocycles. The molecular weight excluding hydrogens is 484 g/mol. The van der Waals surface area contributed by atoms with E-state index in [0.717, 1.165) is 54.4 Å². The molecule has 0 unspecified atom stereocenters. The zero-order valence-corrected chi connectivity index (χ0v) is 20.3. The molecule has 1 aliphatic rings. The zero-order chi connectivity index (χ0) is 23.2. The number of hydrogen-bond acceptors (Lipinski definition) is 6. The fraction of sp³-hybridized carbons (Fsp3) is 0.280. The van der Waals surface area contributed by atoms with E-state index >= 15 is 0 Å². The van der Waals surface area contributed by atoms with Crippen molar-refractivity contribution in [3.8, 4) is 5.75 Å². The van der Waals surface area contributed by atoms with E-state index in [4.69, 9.17) is 9.15 Å². The molecule has 0 atom stereocenters. The first-order valence-corrected chi connectivity index (χ1v) is 11.6. The number of anilines is 1. The molecule has 4 rings (SSSR count). The van der Waals surface area contributed by atoms with Crippen LogP contribution >= 0.6 is 15.9 Å². The third-order valence-electron chi connectivity index (χ3n) is 5.65. The first-order valence-electron chi connectivity index (χ1n) is 10.8. The van der Waals surface area contributed by atoms with Gasteiger partial charge in [-0.2, -0.15) is 5.10 Å². The lowest BCUT2D eigenvalue weighted by Crippen LogP contribution is -2.46. The number of nitrogens with one attached hydrogen (secondary N) is 1. The fourth-order valence-corrected chi connectivity index (χ4v) is 4.13. The van der Waals surface area contributed by atoms with Gasteiger partial charge in [-0.3, -0.25) is 9.69 Å². The maximum atomic E-state index is 12.3. The van der Waals surface area contributed by atoms with Crippen molar-refractivity contribution in [2.75, 3.05) is 38.2 Å². The van der Waals surface area contributed by atoms with Gasteiger partial charge in [0.1, 0.15) is 17.3 Å². The van der Waals surface area contributed by atoms with Crippen LogP contribution in [0.25, 0.3) is 0 Å². The van der Waals surface area contributed by atoms with Crippen LogP contribution < -0.4 is 15.1 Å². The number of methoxy groups -OCH3 is 1. The van der Waals surface area contributed by atoms with Crippen LogP contribution in [0.3, 0.4) is 0 Å². The van der Waals surface area contributed by atoms with E-state index in [-0.39, 0.29) is 5.91 Å². The van der Waals surface area contributed by atoms with Crippen LogP contribution in [-0.4, -0.2) is 50.3 Å². The van der Waals surface area contributed by atoms with Gasteiger partial charge in [-0.1, -0.05) is 24.3 Å². The number of piperazine rings is 1. The molecular formula is C25H27BrN4O3. The predicted octanol–water partition coefficient (Wildman–Crippen LogP) is 4.45. The Morgan fingerprint density at radius 2 is 1.88 bits per heavy atom. The Labute approximate surface area is 202 Å². The van der Waals surface area contributed by atoms with E-state index in [9.17, 15) is 4.79 Å². The second-order valence-electron chi connectivity index (χ2n) is 7.88. The molecule has 2 aromatic carbocycles. The first kappa shape index (κ1) is 23.1. The molecule has 3 aromatic rings. The highest BCUT2D eigenvalue weighted by molar-refractivity contribution is 9.10. The lowest BCUT2D eigenvalue weighted by atomic mass is 10.1. The Morgan fingerprint density at radius 1 is 1.15 bits per heavy atom. The van der Waals surface area contributed by atoms with Crippen molar-refractivity contribution in [3.05, 3.63) is 81.7 Å². The maximum absolute atomic E-state index is 12.3. The van der Waals surface area contributed by atoms with Crippen LogP contribution in [0.4, 0.5) is 5.69 Å². The monoisotopic (exact) mass is 510 g/mol. The summed E-state index contributed by atoms with van der Waals surface area (Å²) in [5.41, 5.74) is 5.42. The van der Waals surface area contributed by atoms with Gasteiger partial charge >= 0.3 is 0 Å².